The lowest BCUT2D eigenvalue weighted by Gasteiger charge is -2.23. The molecule has 0 spiro atoms. The maximum absolute atomic E-state index is 4.55. The fourth-order valence-corrected chi connectivity index (χ4v) is 2.62. The molecule has 0 aromatic carbocycles. The monoisotopic (exact) mass is 245 g/mol. The summed E-state index contributed by atoms with van der Waals surface area (Å²) in [7, 11) is 0. The van der Waals surface area contributed by atoms with E-state index in [4.69, 9.17) is 0 Å². The van der Waals surface area contributed by atoms with Crippen molar-refractivity contribution in [2.75, 3.05) is 13.1 Å². The highest BCUT2D eigenvalue weighted by Gasteiger charge is 2.33. The van der Waals surface area contributed by atoms with E-state index in [1.165, 1.54) is 5.69 Å². The third-order valence-corrected chi connectivity index (χ3v) is 3.82. The van der Waals surface area contributed by atoms with E-state index in [-0.39, 0.29) is 5.41 Å². The molecule has 1 unspecified atom stereocenters. The van der Waals surface area contributed by atoms with Crippen molar-refractivity contribution in [3.63, 3.8) is 0 Å². The summed E-state index contributed by atoms with van der Waals surface area (Å²) in [5.74, 6) is 0.956. The van der Waals surface area contributed by atoms with Crippen LogP contribution in [0, 0.1) is 0 Å². The van der Waals surface area contributed by atoms with E-state index < -0.39 is 0 Å². The van der Waals surface area contributed by atoms with E-state index in [2.05, 4.69) is 33.8 Å². The highest BCUT2D eigenvalue weighted by Crippen LogP contribution is 2.30. The summed E-state index contributed by atoms with van der Waals surface area (Å²) in [6, 6.07) is 2.04. The minimum Gasteiger partial charge on any atom is -0.316 e. The number of nitrogens with one attached hydrogen (secondary N) is 1. The summed E-state index contributed by atoms with van der Waals surface area (Å²) in [5, 5.41) is 7.98. The Morgan fingerprint density at radius 1 is 1.50 bits per heavy atom. The van der Waals surface area contributed by atoms with Crippen LogP contribution in [-0.2, 0) is 12.0 Å². The number of aryl methyl sites for hydroxylation is 1. The van der Waals surface area contributed by atoms with E-state index in [0.717, 1.165) is 31.9 Å². The standard InChI is InChI=1S/C13H19N5/c1-3-17-7-4-12(16-17)18-10-15-8-11(18)13(2)5-6-14-9-13/h4,7-8,10,14H,3,5-6,9H2,1-2H3. The van der Waals surface area contributed by atoms with Crippen LogP contribution in [0.4, 0.5) is 0 Å². The van der Waals surface area contributed by atoms with Crippen molar-refractivity contribution in [2.45, 2.75) is 32.2 Å². The first-order chi connectivity index (χ1) is 8.73. The average molecular weight is 245 g/mol. The zero-order chi connectivity index (χ0) is 12.6. The van der Waals surface area contributed by atoms with Crippen molar-refractivity contribution in [1.82, 2.24) is 24.6 Å². The van der Waals surface area contributed by atoms with Gasteiger partial charge in [0.25, 0.3) is 0 Å². The van der Waals surface area contributed by atoms with Crippen LogP contribution >= 0.6 is 0 Å². The highest BCUT2D eigenvalue weighted by atomic mass is 15.3. The molecule has 96 valence electrons. The molecule has 3 rings (SSSR count). The fraction of sp³-hybridized carbons (Fsp3) is 0.538. The summed E-state index contributed by atoms with van der Waals surface area (Å²) in [5.41, 5.74) is 1.40. The minimum absolute atomic E-state index is 0.159. The number of rotatable bonds is 3. The van der Waals surface area contributed by atoms with Gasteiger partial charge in [0, 0.05) is 37.0 Å². The predicted octanol–water partition coefficient (Wildman–Crippen LogP) is 1.34. The Balaban J connectivity index is 2.00. The third-order valence-electron chi connectivity index (χ3n) is 3.82. The van der Waals surface area contributed by atoms with Crippen molar-refractivity contribution in [3.8, 4) is 5.82 Å². The molecule has 5 nitrogen and oxygen atoms in total. The molecule has 1 aliphatic heterocycles. The lowest BCUT2D eigenvalue weighted by atomic mass is 9.86. The Hall–Kier alpha value is -1.62. The highest BCUT2D eigenvalue weighted by molar-refractivity contribution is 5.29. The second-order valence-corrected chi connectivity index (χ2v) is 5.17. The van der Waals surface area contributed by atoms with Gasteiger partial charge < -0.3 is 5.32 Å². The summed E-state index contributed by atoms with van der Waals surface area (Å²) >= 11 is 0. The lowest BCUT2D eigenvalue weighted by Crippen LogP contribution is -2.27. The van der Waals surface area contributed by atoms with Crippen molar-refractivity contribution < 1.29 is 0 Å². The molecule has 1 atom stereocenters. The maximum Gasteiger partial charge on any atom is 0.160 e. The Labute approximate surface area is 107 Å². The number of imidazole rings is 1. The van der Waals surface area contributed by atoms with Gasteiger partial charge in [-0.3, -0.25) is 9.25 Å². The van der Waals surface area contributed by atoms with Crippen LogP contribution in [0.15, 0.2) is 24.8 Å². The van der Waals surface area contributed by atoms with E-state index in [1.54, 1.807) is 0 Å². The minimum atomic E-state index is 0.159. The van der Waals surface area contributed by atoms with Gasteiger partial charge in [-0.1, -0.05) is 6.92 Å². The van der Waals surface area contributed by atoms with Crippen LogP contribution in [0.5, 0.6) is 0 Å². The number of hydrogen-bond donors (Lipinski definition) is 1. The van der Waals surface area contributed by atoms with Crippen LogP contribution in [0.1, 0.15) is 26.0 Å². The lowest BCUT2D eigenvalue weighted by molar-refractivity contribution is 0.496. The van der Waals surface area contributed by atoms with Crippen molar-refractivity contribution >= 4 is 0 Å². The van der Waals surface area contributed by atoms with Gasteiger partial charge >= 0.3 is 0 Å². The first-order valence-corrected chi connectivity index (χ1v) is 6.50. The van der Waals surface area contributed by atoms with Gasteiger partial charge in [0.1, 0.15) is 6.33 Å². The van der Waals surface area contributed by atoms with E-state index >= 15 is 0 Å². The quantitative estimate of drug-likeness (QED) is 0.887. The number of hydrogen-bond acceptors (Lipinski definition) is 3. The Morgan fingerprint density at radius 2 is 2.39 bits per heavy atom. The Kier molecular flexibility index (Phi) is 2.70. The summed E-state index contributed by atoms with van der Waals surface area (Å²) in [4.78, 5) is 4.31. The molecule has 2 aromatic heterocycles. The van der Waals surface area contributed by atoms with Gasteiger partial charge in [0.15, 0.2) is 5.82 Å². The van der Waals surface area contributed by atoms with Crippen molar-refractivity contribution in [2.24, 2.45) is 0 Å². The molecule has 0 aliphatic carbocycles. The average Bonchev–Trinajstić information content (AvgIpc) is 3.08. The van der Waals surface area contributed by atoms with Gasteiger partial charge in [-0.2, -0.15) is 5.10 Å². The summed E-state index contributed by atoms with van der Waals surface area (Å²) in [6.45, 7) is 7.35. The topological polar surface area (TPSA) is 47.7 Å². The smallest absolute Gasteiger partial charge is 0.160 e. The first kappa shape index (κ1) is 11.5. The summed E-state index contributed by atoms with van der Waals surface area (Å²) < 4.78 is 4.05. The van der Waals surface area contributed by atoms with Gasteiger partial charge in [0.2, 0.25) is 0 Å². The second-order valence-electron chi connectivity index (χ2n) is 5.17. The van der Waals surface area contributed by atoms with Gasteiger partial charge in [-0.15, -0.1) is 0 Å². The number of nitrogens with zero attached hydrogens (tertiary/aromatic N) is 4. The van der Waals surface area contributed by atoms with Crippen LogP contribution in [0.3, 0.4) is 0 Å². The molecule has 2 aromatic rings. The molecule has 0 radical (unpaired) electrons. The van der Waals surface area contributed by atoms with Crippen LogP contribution in [0.2, 0.25) is 0 Å². The van der Waals surface area contributed by atoms with E-state index in [1.807, 2.05) is 29.5 Å². The summed E-state index contributed by atoms with van der Waals surface area (Å²) in [6.07, 6.45) is 6.99. The zero-order valence-corrected chi connectivity index (χ0v) is 10.9. The maximum atomic E-state index is 4.55. The molecular weight excluding hydrogens is 226 g/mol. The SMILES string of the molecule is CCn1ccc(-n2cncc2C2(C)CCNC2)n1. The molecule has 0 amide bonds. The first-order valence-electron chi connectivity index (χ1n) is 6.50. The largest absolute Gasteiger partial charge is 0.316 e. The predicted molar refractivity (Wildman–Crippen MR) is 69.9 cm³/mol. The second kappa shape index (κ2) is 4.24. The molecule has 0 bridgehead atoms. The molecular formula is C13H19N5. The van der Waals surface area contributed by atoms with Crippen molar-refractivity contribution in [3.05, 3.63) is 30.5 Å². The van der Waals surface area contributed by atoms with Crippen LogP contribution in [-0.4, -0.2) is 32.4 Å². The van der Waals surface area contributed by atoms with Crippen molar-refractivity contribution in [1.29, 1.82) is 0 Å². The zero-order valence-electron chi connectivity index (χ0n) is 10.9. The van der Waals surface area contributed by atoms with Gasteiger partial charge in [-0.05, 0) is 19.9 Å². The van der Waals surface area contributed by atoms with E-state index in [9.17, 15) is 0 Å². The van der Waals surface area contributed by atoms with Crippen LogP contribution < -0.4 is 5.32 Å². The van der Waals surface area contributed by atoms with Gasteiger partial charge in [0.05, 0.1) is 5.69 Å². The molecule has 0 saturated carbocycles. The third kappa shape index (κ3) is 1.75. The molecule has 3 heterocycles. The fourth-order valence-electron chi connectivity index (χ4n) is 2.62. The molecule has 1 saturated heterocycles. The molecule has 18 heavy (non-hydrogen) atoms. The molecule has 5 heteroatoms. The normalized spacial score (nSPS) is 23.7. The number of aromatic nitrogens is 4. The molecule has 1 aliphatic rings. The van der Waals surface area contributed by atoms with Crippen LogP contribution in [0.25, 0.3) is 5.82 Å². The van der Waals surface area contributed by atoms with E-state index in [0.29, 0.717) is 0 Å². The Bertz CT molecular complexity index is 533. The van der Waals surface area contributed by atoms with Gasteiger partial charge in [-0.25, -0.2) is 4.98 Å². The Morgan fingerprint density at radius 3 is 3.06 bits per heavy atom. The molecule has 1 N–H and O–H groups in total. The molecule has 1 fully saturated rings.